The van der Waals surface area contributed by atoms with Crippen LogP contribution >= 0.6 is 15.9 Å². The molecule has 0 radical (unpaired) electrons. The molecule has 9 heteroatoms. The van der Waals surface area contributed by atoms with E-state index in [0.717, 1.165) is 0 Å². The van der Waals surface area contributed by atoms with Crippen molar-refractivity contribution < 1.29 is 8.42 Å². The molecule has 1 N–H and O–H groups in total. The topological polar surface area (TPSA) is 80.1 Å². The van der Waals surface area contributed by atoms with E-state index in [0.29, 0.717) is 13.1 Å². The molecule has 102 valence electrons. The van der Waals surface area contributed by atoms with Crippen molar-refractivity contribution in [2.24, 2.45) is 7.05 Å². The van der Waals surface area contributed by atoms with Crippen LogP contribution in [0.5, 0.6) is 0 Å². The van der Waals surface area contributed by atoms with Crippen LogP contribution in [-0.2, 0) is 17.1 Å². The van der Waals surface area contributed by atoms with Gasteiger partial charge in [-0.05, 0) is 29.8 Å². The van der Waals surface area contributed by atoms with Crippen molar-refractivity contribution in [2.75, 3.05) is 13.1 Å². The van der Waals surface area contributed by atoms with Crippen molar-refractivity contribution in [3.05, 3.63) is 4.60 Å². The van der Waals surface area contributed by atoms with Crippen molar-refractivity contribution in [2.45, 2.75) is 31.0 Å². The third kappa shape index (κ3) is 2.20. The molecule has 0 aliphatic carbocycles. The summed E-state index contributed by atoms with van der Waals surface area (Å²) >= 11 is 3.14. The van der Waals surface area contributed by atoms with Gasteiger partial charge in [0.15, 0.2) is 4.60 Å². The highest BCUT2D eigenvalue weighted by Crippen LogP contribution is 2.26. The van der Waals surface area contributed by atoms with Gasteiger partial charge in [-0.1, -0.05) is 5.21 Å². The molecule has 1 aliphatic heterocycles. The average Bonchev–Trinajstić information content (AvgIpc) is 2.58. The van der Waals surface area contributed by atoms with Gasteiger partial charge >= 0.3 is 0 Å². The van der Waals surface area contributed by atoms with Crippen LogP contribution in [0.15, 0.2) is 9.63 Å². The Hall–Kier alpha value is -0.510. The number of nitrogens with one attached hydrogen (secondary N) is 1. The molecule has 0 aromatic carbocycles. The molecule has 1 saturated heterocycles. The predicted octanol–water partition coefficient (Wildman–Crippen LogP) is -0.0515. The zero-order valence-corrected chi connectivity index (χ0v) is 12.9. The van der Waals surface area contributed by atoms with Gasteiger partial charge in [0.1, 0.15) is 0 Å². The summed E-state index contributed by atoms with van der Waals surface area (Å²) in [5.74, 6) is 0. The second-order valence-electron chi connectivity index (χ2n) is 4.50. The van der Waals surface area contributed by atoms with Crippen LogP contribution in [0.3, 0.4) is 0 Å². The van der Waals surface area contributed by atoms with Gasteiger partial charge in [-0.25, -0.2) is 13.1 Å². The normalized spacial score (nSPS) is 26.4. The number of aryl methyl sites for hydroxylation is 1. The summed E-state index contributed by atoms with van der Waals surface area (Å²) < 4.78 is 28.4. The molecular weight excluding hydrogens is 322 g/mol. The fourth-order valence-corrected chi connectivity index (χ4v) is 5.15. The molecule has 1 aromatic rings. The lowest BCUT2D eigenvalue weighted by Gasteiger charge is -2.37. The fraction of sp³-hybridized carbons (Fsp3) is 0.778. The Kier molecular flexibility index (Phi) is 3.77. The van der Waals surface area contributed by atoms with Gasteiger partial charge in [0.2, 0.25) is 5.03 Å². The smallest absolute Gasteiger partial charge is 0.263 e. The van der Waals surface area contributed by atoms with Gasteiger partial charge in [-0.2, -0.15) is 4.31 Å². The third-order valence-electron chi connectivity index (χ3n) is 3.01. The molecule has 2 heterocycles. The van der Waals surface area contributed by atoms with E-state index in [-0.39, 0.29) is 21.7 Å². The lowest BCUT2D eigenvalue weighted by Crippen LogP contribution is -2.57. The van der Waals surface area contributed by atoms with Gasteiger partial charge in [-0.3, -0.25) is 0 Å². The van der Waals surface area contributed by atoms with E-state index >= 15 is 0 Å². The molecular formula is C9H16BrN5O2S. The van der Waals surface area contributed by atoms with Crippen molar-refractivity contribution >= 4 is 26.0 Å². The Balaban J connectivity index is 2.48. The Labute approximate surface area is 115 Å². The quantitative estimate of drug-likeness (QED) is 0.818. The van der Waals surface area contributed by atoms with Crippen LogP contribution in [0.4, 0.5) is 0 Å². The van der Waals surface area contributed by atoms with E-state index in [1.807, 2.05) is 13.8 Å². The number of hydrogen-bond acceptors (Lipinski definition) is 5. The number of nitrogens with zero attached hydrogens (tertiary/aromatic N) is 4. The third-order valence-corrected chi connectivity index (χ3v) is 6.03. The summed E-state index contributed by atoms with van der Waals surface area (Å²) in [5, 5.41) is 10.8. The molecule has 2 rings (SSSR count). The second-order valence-corrected chi connectivity index (χ2v) is 7.01. The van der Waals surface area contributed by atoms with Crippen LogP contribution < -0.4 is 5.32 Å². The van der Waals surface area contributed by atoms with E-state index < -0.39 is 10.0 Å². The Bertz CT molecular complexity index is 514. The maximum atomic E-state index is 12.7. The van der Waals surface area contributed by atoms with Crippen LogP contribution in [0.2, 0.25) is 0 Å². The van der Waals surface area contributed by atoms with E-state index in [9.17, 15) is 8.42 Å². The van der Waals surface area contributed by atoms with Crippen LogP contribution in [0, 0.1) is 0 Å². The zero-order chi connectivity index (χ0) is 13.5. The van der Waals surface area contributed by atoms with Gasteiger partial charge < -0.3 is 5.32 Å². The summed E-state index contributed by atoms with van der Waals surface area (Å²) in [4.78, 5) is 0. The van der Waals surface area contributed by atoms with Crippen molar-refractivity contribution in [1.29, 1.82) is 0 Å². The lowest BCUT2D eigenvalue weighted by molar-refractivity contribution is 0.218. The maximum absolute atomic E-state index is 12.7. The first-order valence-corrected chi connectivity index (χ1v) is 7.88. The predicted molar refractivity (Wildman–Crippen MR) is 69.5 cm³/mol. The summed E-state index contributed by atoms with van der Waals surface area (Å²) in [6.45, 7) is 5.06. The number of hydrogen-bond donors (Lipinski definition) is 1. The maximum Gasteiger partial charge on any atom is 0.263 e. The van der Waals surface area contributed by atoms with Crippen LogP contribution in [0.1, 0.15) is 13.8 Å². The molecule has 7 nitrogen and oxygen atoms in total. The SMILES string of the molecule is CC1CNCC(C)N1S(=O)(=O)c1c(Br)nnn1C. The number of aromatic nitrogens is 3. The van der Waals surface area contributed by atoms with Crippen LogP contribution in [-0.4, -0.2) is 52.9 Å². The summed E-state index contributed by atoms with van der Waals surface area (Å²) in [6, 6.07) is -0.193. The highest BCUT2D eigenvalue weighted by atomic mass is 79.9. The second kappa shape index (κ2) is 4.87. The van der Waals surface area contributed by atoms with Crippen molar-refractivity contribution in [3.63, 3.8) is 0 Å². The van der Waals surface area contributed by atoms with Crippen molar-refractivity contribution in [3.8, 4) is 0 Å². The molecule has 0 spiro atoms. The van der Waals surface area contributed by atoms with Gasteiger partial charge in [0, 0.05) is 32.2 Å². The molecule has 1 aromatic heterocycles. The van der Waals surface area contributed by atoms with E-state index in [1.54, 1.807) is 7.05 Å². The number of halogens is 1. The average molecular weight is 338 g/mol. The highest BCUT2D eigenvalue weighted by molar-refractivity contribution is 9.10. The summed E-state index contributed by atoms with van der Waals surface area (Å²) in [6.07, 6.45) is 0. The summed E-state index contributed by atoms with van der Waals surface area (Å²) in [5.41, 5.74) is 0. The molecule has 0 saturated carbocycles. The minimum absolute atomic E-state index is 0.0967. The molecule has 1 fully saturated rings. The zero-order valence-electron chi connectivity index (χ0n) is 10.5. The van der Waals surface area contributed by atoms with Crippen molar-refractivity contribution in [1.82, 2.24) is 24.6 Å². The first kappa shape index (κ1) is 13.9. The standard InChI is InChI=1S/C9H16BrN5O2S/c1-6-4-11-5-7(2)15(6)18(16,17)9-8(10)12-13-14(9)3/h6-7,11H,4-5H2,1-3H3. The minimum Gasteiger partial charge on any atom is -0.314 e. The number of sulfonamides is 1. The highest BCUT2D eigenvalue weighted by Gasteiger charge is 2.38. The van der Waals surface area contributed by atoms with E-state index in [4.69, 9.17) is 0 Å². The number of rotatable bonds is 2. The lowest BCUT2D eigenvalue weighted by atomic mass is 10.2. The van der Waals surface area contributed by atoms with Gasteiger partial charge in [-0.15, -0.1) is 5.10 Å². The fourth-order valence-electron chi connectivity index (χ4n) is 2.29. The van der Waals surface area contributed by atoms with E-state index in [2.05, 4.69) is 31.6 Å². The summed E-state index contributed by atoms with van der Waals surface area (Å²) in [7, 11) is -2.02. The Morgan fingerprint density at radius 3 is 2.33 bits per heavy atom. The van der Waals surface area contributed by atoms with Gasteiger partial charge in [0.05, 0.1) is 0 Å². The minimum atomic E-state index is -3.59. The Morgan fingerprint density at radius 1 is 1.33 bits per heavy atom. The number of piperazine rings is 1. The monoisotopic (exact) mass is 337 g/mol. The Morgan fingerprint density at radius 2 is 1.89 bits per heavy atom. The van der Waals surface area contributed by atoms with Crippen LogP contribution in [0.25, 0.3) is 0 Å². The molecule has 2 atom stereocenters. The molecule has 1 aliphatic rings. The molecule has 0 bridgehead atoms. The molecule has 2 unspecified atom stereocenters. The first-order chi connectivity index (χ1) is 8.35. The molecule has 0 amide bonds. The first-order valence-electron chi connectivity index (χ1n) is 5.65. The largest absolute Gasteiger partial charge is 0.314 e. The molecule has 18 heavy (non-hydrogen) atoms. The van der Waals surface area contributed by atoms with Gasteiger partial charge in [0.25, 0.3) is 10.0 Å². The van der Waals surface area contributed by atoms with E-state index in [1.165, 1.54) is 8.99 Å².